The Morgan fingerprint density at radius 1 is 0.750 bits per heavy atom. The smallest absolute Gasteiger partial charge is 0.313 e. The number of carbonyl (C=O) groups excluding carboxylic acids is 3. The van der Waals surface area contributed by atoms with E-state index < -0.39 is 58.9 Å². The van der Waals surface area contributed by atoms with Gasteiger partial charge in [0, 0.05) is 24.8 Å². The number of hydrogen-bond donors (Lipinski definition) is 5. The van der Waals surface area contributed by atoms with Crippen LogP contribution in [0.15, 0.2) is 84.9 Å². The number of hydrogen-bond acceptors (Lipinski definition) is 9. The highest BCUT2D eigenvalue weighted by atomic mass is 16.5. The molecule has 1 fully saturated rings. The van der Waals surface area contributed by atoms with Crippen molar-refractivity contribution < 1.29 is 44.0 Å². The molecule has 326 valence electrons. The van der Waals surface area contributed by atoms with E-state index in [0.29, 0.717) is 24.0 Å². The molecule has 3 atom stereocenters. The van der Waals surface area contributed by atoms with Gasteiger partial charge in [-0.05, 0) is 100 Å². The van der Waals surface area contributed by atoms with E-state index in [-0.39, 0.29) is 43.4 Å². The number of Topliss-reactive ketones (excluding diaryl/α,β-unsaturated/α-hetero) is 1. The van der Waals surface area contributed by atoms with Gasteiger partial charge in [-0.1, -0.05) is 113 Å². The van der Waals surface area contributed by atoms with Gasteiger partial charge in [-0.2, -0.15) is 0 Å². The van der Waals surface area contributed by atoms with Crippen LogP contribution in [0.3, 0.4) is 0 Å². The maximum atomic E-state index is 13.6. The minimum atomic E-state index is -1.12. The molecule has 3 aromatic rings. The Bertz CT molecular complexity index is 1820. The van der Waals surface area contributed by atoms with Crippen LogP contribution in [0.2, 0.25) is 0 Å². The van der Waals surface area contributed by atoms with Gasteiger partial charge in [0.1, 0.15) is 11.7 Å². The van der Waals surface area contributed by atoms with E-state index in [4.69, 9.17) is 4.74 Å². The van der Waals surface area contributed by atoms with Crippen molar-refractivity contribution in [3.8, 4) is 0 Å². The minimum absolute atomic E-state index is 0.000625. The van der Waals surface area contributed by atoms with Crippen molar-refractivity contribution in [3.05, 3.63) is 107 Å². The Morgan fingerprint density at radius 2 is 1.30 bits per heavy atom. The molecule has 0 radical (unpaired) electrons. The molecule has 0 spiro atoms. The summed E-state index contributed by atoms with van der Waals surface area (Å²) < 4.78 is 6.11. The molecule has 0 bridgehead atoms. The third-order valence-corrected chi connectivity index (χ3v) is 11.7. The van der Waals surface area contributed by atoms with E-state index >= 15 is 0 Å². The fourth-order valence-corrected chi connectivity index (χ4v) is 8.03. The summed E-state index contributed by atoms with van der Waals surface area (Å²) in [4.78, 5) is 65.8. The molecule has 0 aliphatic carbocycles. The lowest BCUT2D eigenvalue weighted by atomic mass is 9.72. The van der Waals surface area contributed by atoms with Crippen molar-refractivity contribution in [2.75, 3.05) is 19.6 Å². The summed E-state index contributed by atoms with van der Waals surface area (Å²) in [5.41, 5.74) is 0.835. The Labute approximate surface area is 355 Å². The van der Waals surface area contributed by atoms with Crippen molar-refractivity contribution in [3.63, 3.8) is 0 Å². The third kappa shape index (κ3) is 13.0. The molecule has 12 heteroatoms. The van der Waals surface area contributed by atoms with E-state index in [9.17, 15) is 39.3 Å². The second-order valence-electron chi connectivity index (χ2n) is 17.3. The number of esters is 1. The molecule has 1 saturated heterocycles. The first kappa shape index (κ1) is 47.8. The lowest BCUT2D eigenvalue weighted by Crippen LogP contribution is -2.52. The van der Waals surface area contributed by atoms with Crippen LogP contribution in [0, 0.1) is 11.8 Å². The molecule has 1 aliphatic rings. The van der Waals surface area contributed by atoms with Crippen LogP contribution in [0.5, 0.6) is 0 Å². The van der Waals surface area contributed by atoms with Gasteiger partial charge in [-0.15, -0.1) is 0 Å². The zero-order chi connectivity index (χ0) is 44.0. The van der Waals surface area contributed by atoms with Crippen LogP contribution in [-0.4, -0.2) is 87.6 Å². The highest BCUT2D eigenvalue weighted by molar-refractivity contribution is 5.92. The summed E-state index contributed by atoms with van der Waals surface area (Å²) in [7, 11) is 0. The Morgan fingerprint density at radius 3 is 1.80 bits per heavy atom. The minimum Gasteiger partial charge on any atom is -0.481 e. The summed E-state index contributed by atoms with van der Waals surface area (Å²) >= 11 is 0. The number of ether oxygens (including phenoxy) is 1. The number of rotatable bonds is 23. The summed E-state index contributed by atoms with van der Waals surface area (Å²) in [6.07, 6.45) is 1.77. The van der Waals surface area contributed by atoms with E-state index in [2.05, 4.69) is 15.5 Å². The normalized spacial score (nSPS) is 15.6. The molecule has 1 amide bonds. The summed E-state index contributed by atoms with van der Waals surface area (Å²) in [6.45, 7) is 12.7. The molecular formula is C48H65N3O9. The molecule has 60 heavy (non-hydrogen) atoms. The third-order valence-electron chi connectivity index (χ3n) is 11.7. The number of amides is 1. The average molecular weight is 828 g/mol. The van der Waals surface area contributed by atoms with Gasteiger partial charge in [0.2, 0.25) is 5.91 Å². The lowest BCUT2D eigenvalue weighted by molar-refractivity contribution is -0.150. The maximum Gasteiger partial charge on any atom is 0.313 e. The Balaban J connectivity index is 1.44. The molecule has 1 heterocycles. The van der Waals surface area contributed by atoms with E-state index in [1.54, 1.807) is 52.0 Å². The molecular weight excluding hydrogens is 763 g/mol. The number of likely N-dealkylation sites (tertiary alicyclic amines) is 1. The molecule has 0 saturated carbocycles. The standard InChI is InChI=1S/C48H65N3O9/c1-32(2)44(55)39(50-45(56)40(49-33(3)4)23-25-42(52)53)24-26-43(54)60-41(34-19-21-35(22-20-34)47(5,6)46(57)58)18-13-29-51-30-27-38(28-31-51)48(59,36-14-9-7-10-15-36)37-16-11-8-12-17-37/h7-12,14-17,19-22,32-33,38-41,49,59H,13,18,23-31H2,1-6H3,(H,50,56)(H,52,53)(H,57,58). The van der Waals surface area contributed by atoms with E-state index in [0.717, 1.165) is 43.6 Å². The predicted octanol–water partition coefficient (Wildman–Crippen LogP) is 6.78. The molecule has 4 rings (SSSR count). The van der Waals surface area contributed by atoms with Crippen molar-refractivity contribution in [2.45, 2.75) is 128 Å². The second-order valence-corrected chi connectivity index (χ2v) is 17.3. The summed E-state index contributed by atoms with van der Waals surface area (Å²) in [5.74, 6) is -3.72. The number of carbonyl (C=O) groups is 5. The zero-order valence-electron chi connectivity index (χ0n) is 36.1. The number of nitrogens with zero attached hydrogens (tertiary/aromatic N) is 1. The molecule has 3 aromatic carbocycles. The van der Waals surface area contributed by atoms with Crippen molar-refractivity contribution in [1.82, 2.24) is 15.5 Å². The zero-order valence-corrected chi connectivity index (χ0v) is 36.1. The largest absolute Gasteiger partial charge is 0.481 e. The van der Waals surface area contributed by atoms with Gasteiger partial charge in [0.15, 0.2) is 5.78 Å². The fourth-order valence-electron chi connectivity index (χ4n) is 8.03. The van der Waals surface area contributed by atoms with Gasteiger partial charge >= 0.3 is 17.9 Å². The molecule has 3 unspecified atom stereocenters. The van der Waals surface area contributed by atoms with Gasteiger partial charge in [-0.3, -0.25) is 24.0 Å². The average Bonchev–Trinajstić information content (AvgIpc) is 3.23. The maximum absolute atomic E-state index is 13.6. The number of aliphatic hydroxyl groups is 1. The molecule has 12 nitrogen and oxygen atoms in total. The molecule has 0 aromatic heterocycles. The Kier molecular flexibility index (Phi) is 17.6. The number of benzene rings is 3. The topological polar surface area (TPSA) is 183 Å². The van der Waals surface area contributed by atoms with Crippen LogP contribution >= 0.6 is 0 Å². The molecule has 1 aliphatic heterocycles. The van der Waals surface area contributed by atoms with Crippen molar-refractivity contribution in [1.29, 1.82) is 0 Å². The highest BCUT2D eigenvalue weighted by Gasteiger charge is 2.41. The number of ketones is 1. The fraction of sp³-hybridized carbons (Fsp3) is 0.521. The monoisotopic (exact) mass is 827 g/mol. The van der Waals surface area contributed by atoms with Gasteiger partial charge < -0.3 is 35.6 Å². The summed E-state index contributed by atoms with van der Waals surface area (Å²) in [5, 5.41) is 37.2. The van der Waals surface area contributed by atoms with Crippen LogP contribution in [0.4, 0.5) is 0 Å². The Hall–Kier alpha value is -4.91. The SMILES string of the molecule is CC(C)NC(CCC(=O)O)C(=O)NC(CCC(=O)OC(CCCN1CCC(C(O)(c2ccccc2)c2ccccc2)CC1)c1ccc(C(C)(C)C(=O)O)cc1)C(=O)C(C)C. The summed E-state index contributed by atoms with van der Waals surface area (Å²) in [6, 6.07) is 24.8. The lowest BCUT2D eigenvalue weighted by Gasteiger charge is -2.42. The predicted molar refractivity (Wildman–Crippen MR) is 230 cm³/mol. The van der Waals surface area contributed by atoms with Gasteiger partial charge in [0.05, 0.1) is 17.5 Å². The second kappa shape index (κ2) is 22.1. The first-order valence-corrected chi connectivity index (χ1v) is 21.3. The van der Waals surface area contributed by atoms with E-state index in [1.807, 2.05) is 74.5 Å². The number of nitrogens with one attached hydrogen (secondary N) is 2. The number of carboxylic acids is 2. The first-order chi connectivity index (χ1) is 28.4. The van der Waals surface area contributed by atoms with Crippen molar-refractivity contribution in [2.24, 2.45) is 11.8 Å². The first-order valence-electron chi connectivity index (χ1n) is 21.3. The number of piperidine rings is 1. The van der Waals surface area contributed by atoms with Crippen molar-refractivity contribution >= 4 is 29.6 Å². The quantitative estimate of drug-likeness (QED) is 0.0636. The number of aliphatic carboxylic acids is 2. The van der Waals surface area contributed by atoms with Gasteiger partial charge in [-0.25, -0.2) is 0 Å². The highest BCUT2D eigenvalue weighted by Crippen LogP contribution is 2.42. The van der Waals surface area contributed by atoms with Crippen LogP contribution in [-0.2, 0) is 39.7 Å². The molecule has 5 N–H and O–H groups in total. The number of carboxylic acid groups (broad SMARTS) is 2. The van der Waals surface area contributed by atoms with Crippen LogP contribution in [0.1, 0.15) is 121 Å². The van der Waals surface area contributed by atoms with Crippen LogP contribution < -0.4 is 10.6 Å². The van der Waals surface area contributed by atoms with Gasteiger partial charge in [0.25, 0.3) is 0 Å². The van der Waals surface area contributed by atoms with Crippen LogP contribution in [0.25, 0.3) is 0 Å². The van der Waals surface area contributed by atoms with E-state index in [1.165, 1.54) is 0 Å².